The lowest BCUT2D eigenvalue weighted by Crippen LogP contribution is -2.40. The molecule has 0 saturated carbocycles. The van der Waals surface area contributed by atoms with E-state index in [1.165, 1.54) is 0 Å². The first-order valence-electron chi connectivity index (χ1n) is 7.73. The van der Waals surface area contributed by atoms with Gasteiger partial charge in [-0.25, -0.2) is 9.78 Å². The van der Waals surface area contributed by atoms with E-state index >= 15 is 0 Å². The molecule has 1 aromatic heterocycles. The first kappa shape index (κ1) is 16.0. The van der Waals surface area contributed by atoms with Crippen molar-refractivity contribution in [1.29, 1.82) is 0 Å². The molecule has 0 fully saturated rings. The highest BCUT2D eigenvalue weighted by atomic mass is 16.5. The van der Waals surface area contributed by atoms with Gasteiger partial charge in [0, 0.05) is 6.54 Å². The van der Waals surface area contributed by atoms with E-state index in [0.717, 1.165) is 16.6 Å². The van der Waals surface area contributed by atoms with E-state index in [0.29, 0.717) is 13.2 Å². The maximum absolute atomic E-state index is 11.0. The number of ether oxygens (including phenoxy) is 1. The van der Waals surface area contributed by atoms with Gasteiger partial charge in [-0.15, -0.1) is 0 Å². The molecule has 3 aromatic rings. The molecule has 0 spiro atoms. The van der Waals surface area contributed by atoms with Crippen LogP contribution in [0.25, 0.3) is 11.0 Å². The average molecular weight is 325 g/mol. The van der Waals surface area contributed by atoms with Crippen LogP contribution in [-0.4, -0.2) is 33.4 Å². The highest BCUT2D eigenvalue weighted by Crippen LogP contribution is 2.12. The van der Waals surface area contributed by atoms with Gasteiger partial charge in [0.15, 0.2) is 0 Å². The quantitative estimate of drug-likeness (QED) is 0.700. The Hall–Kier alpha value is -2.86. The molecule has 6 heteroatoms. The Bertz CT molecular complexity index is 801. The molecule has 124 valence electrons. The van der Waals surface area contributed by atoms with Gasteiger partial charge in [-0.3, -0.25) is 0 Å². The Morgan fingerprint density at radius 1 is 1.17 bits per heavy atom. The van der Waals surface area contributed by atoms with Crippen molar-refractivity contribution in [3.05, 3.63) is 66.5 Å². The average Bonchev–Trinajstić information content (AvgIpc) is 2.98. The second-order valence-electron chi connectivity index (χ2n) is 5.53. The van der Waals surface area contributed by atoms with Crippen LogP contribution in [0.1, 0.15) is 5.56 Å². The van der Waals surface area contributed by atoms with Crippen LogP contribution in [-0.2, 0) is 17.9 Å². The molecule has 0 bridgehead atoms. The fourth-order valence-corrected chi connectivity index (χ4v) is 2.60. The van der Waals surface area contributed by atoms with Crippen LogP contribution in [0.3, 0.4) is 0 Å². The van der Waals surface area contributed by atoms with Gasteiger partial charge in [-0.05, 0) is 17.7 Å². The Kier molecular flexibility index (Phi) is 5.08. The lowest BCUT2D eigenvalue weighted by Gasteiger charge is -2.18. The van der Waals surface area contributed by atoms with Crippen molar-refractivity contribution in [2.24, 2.45) is 0 Å². The fraction of sp³-hybridized carbons (Fsp3) is 0.222. The molecule has 0 aliphatic carbocycles. The lowest BCUT2D eigenvalue weighted by atomic mass is 10.2. The number of nitrogens with zero attached hydrogens (tertiary/aromatic N) is 2. The third kappa shape index (κ3) is 4.11. The third-order valence-corrected chi connectivity index (χ3v) is 3.70. The molecule has 6 nitrogen and oxygen atoms in total. The van der Waals surface area contributed by atoms with Crippen LogP contribution < -0.4 is 5.32 Å². The molecular formula is C18H19N3O3. The van der Waals surface area contributed by atoms with E-state index < -0.39 is 6.09 Å². The normalized spacial score (nSPS) is 12.2. The predicted octanol–water partition coefficient (Wildman–Crippen LogP) is 2.89. The van der Waals surface area contributed by atoms with Gasteiger partial charge in [-0.1, -0.05) is 42.5 Å². The lowest BCUT2D eigenvalue weighted by molar-refractivity contribution is 0.0922. The minimum atomic E-state index is -1.06. The number of carboxylic acid groups (broad SMARTS) is 1. The zero-order valence-electron chi connectivity index (χ0n) is 13.1. The fourth-order valence-electron chi connectivity index (χ4n) is 2.60. The number of hydrogen-bond acceptors (Lipinski definition) is 3. The summed E-state index contributed by atoms with van der Waals surface area (Å²) in [6.45, 7) is 1.19. The first-order valence-corrected chi connectivity index (χ1v) is 7.73. The molecule has 2 N–H and O–H groups in total. The molecule has 1 atom stereocenters. The van der Waals surface area contributed by atoms with Crippen LogP contribution in [0.5, 0.6) is 0 Å². The molecule has 2 aromatic carbocycles. The zero-order chi connectivity index (χ0) is 16.8. The molecule has 0 saturated heterocycles. The molecule has 0 aliphatic rings. The Balaban J connectivity index is 1.64. The van der Waals surface area contributed by atoms with Crippen LogP contribution in [0, 0.1) is 0 Å². The topological polar surface area (TPSA) is 76.4 Å². The third-order valence-electron chi connectivity index (χ3n) is 3.70. The van der Waals surface area contributed by atoms with Crippen molar-refractivity contribution in [3.8, 4) is 0 Å². The predicted molar refractivity (Wildman–Crippen MR) is 90.8 cm³/mol. The van der Waals surface area contributed by atoms with Crippen molar-refractivity contribution in [2.45, 2.75) is 19.2 Å². The van der Waals surface area contributed by atoms with Gasteiger partial charge in [-0.2, -0.15) is 0 Å². The smallest absolute Gasteiger partial charge is 0.405 e. The van der Waals surface area contributed by atoms with Crippen molar-refractivity contribution < 1.29 is 14.6 Å². The summed E-state index contributed by atoms with van der Waals surface area (Å²) in [6.07, 6.45) is 0.658. The van der Waals surface area contributed by atoms with Gasteiger partial charge < -0.3 is 19.7 Å². The minimum Gasteiger partial charge on any atom is -0.465 e. The minimum absolute atomic E-state index is 0.285. The number of benzene rings is 2. The van der Waals surface area contributed by atoms with Gasteiger partial charge in [0.1, 0.15) is 0 Å². The number of fused-ring (bicyclic) bond motifs is 1. The van der Waals surface area contributed by atoms with Crippen LogP contribution in [0.4, 0.5) is 4.79 Å². The van der Waals surface area contributed by atoms with Crippen LogP contribution in [0.2, 0.25) is 0 Å². The number of hydrogen-bond donors (Lipinski definition) is 2. The zero-order valence-corrected chi connectivity index (χ0v) is 13.1. The van der Waals surface area contributed by atoms with Crippen molar-refractivity contribution in [3.63, 3.8) is 0 Å². The molecule has 24 heavy (non-hydrogen) atoms. The highest BCUT2D eigenvalue weighted by molar-refractivity contribution is 5.75. The van der Waals surface area contributed by atoms with E-state index in [2.05, 4.69) is 10.3 Å². The Labute approximate surface area is 139 Å². The largest absolute Gasteiger partial charge is 0.465 e. The second-order valence-corrected chi connectivity index (χ2v) is 5.53. The molecular weight excluding hydrogens is 306 g/mol. The van der Waals surface area contributed by atoms with E-state index in [4.69, 9.17) is 9.84 Å². The Morgan fingerprint density at radius 3 is 2.71 bits per heavy atom. The number of carbonyl (C=O) groups is 1. The maximum atomic E-state index is 11.0. The molecule has 0 aliphatic heterocycles. The van der Waals surface area contributed by atoms with Gasteiger partial charge >= 0.3 is 6.09 Å². The van der Waals surface area contributed by atoms with E-state index in [-0.39, 0.29) is 12.6 Å². The van der Waals surface area contributed by atoms with Gasteiger partial charge in [0.25, 0.3) is 0 Å². The summed E-state index contributed by atoms with van der Waals surface area (Å²) < 4.78 is 7.62. The SMILES string of the molecule is O=C(O)NC(COCc1ccccc1)Cn1cnc2ccccc21. The molecule has 1 heterocycles. The number of rotatable bonds is 7. The number of nitrogens with one attached hydrogen (secondary N) is 1. The summed E-state index contributed by atoms with van der Waals surface area (Å²) in [6, 6.07) is 17.2. The first-order chi connectivity index (χ1) is 11.7. The van der Waals surface area contributed by atoms with Crippen LogP contribution >= 0.6 is 0 Å². The molecule has 0 radical (unpaired) electrons. The maximum Gasteiger partial charge on any atom is 0.405 e. The Morgan fingerprint density at radius 2 is 1.92 bits per heavy atom. The molecule has 1 unspecified atom stereocenters. The summed E-state index contributed by atoms with van der Waals surface area (Å²) in [5.74, 6) is 0. The number of para-hydroxylation sites is 2. The van der Waals surface area contributed by atoms with Crippen molar-refractivity contribution in [1.82, 2.24) is 14.9 Å². The monoisotopic (exact) mass is 325 g/mol. The standard InChI is InChI=1S/C18H19N3O3/c22-18(23)20-15(12-24-11-14-6-2-1-3-7-14)10-21-13-19-16-8-4-5-9-17(16)21/h1-9,13,15,20H,10-12H2,(H,22,23). The number of amides is 1. The van der Waals surface area contributed by atoms with E-state index in [1.54, 1.807) is 6.33 Å². The highest BCUT2D eigenvalue weighted by Gasteiger charge is 2.14. The molecule has 1 amide bonds. The summed E-state index contributed by atoms with van der Waals surface area (Å²) in [5, 5.41) is 11.6. The summed E-state index contributed by atoms with van der Waals surface area (Å²) in [7, 11) is 0. The second kappa shape index (κ2) is 7.61. The van der Waals surface area contributed by atoms with Crippen molar-refractivity contribution in [2.75, 3.05) is 6.61 Å². The van der Waals surface area contributed by atoms with Gasteiger partial charge in [0.05, 0.1) is 36.6 Å². The number of aromatic nitrogens is 2. The molecule has 3 rings (SSSR count). The summed E-state index contributed by atoms with van der Waals surface area (Å²) in [5.41, 5.74) is 2.91. The van der Waals surface area contributed by atoms with Crippen molar-refractivity contribution >= 4 is 17.1 Å². The summed E-state index contributed by atoms with van der Waals surface area (Å²) in [4.78, 5) is 15.4. The van der Waals surface area contributed by atoms with E-state index in [9.17, 15) is 4.79 Å². The van der Waals surface area contributed by atoms with E-state index in [1.807, 2.05) is 59.2 Å². The number of imidazole rings is 1. The van der Waals surface area contributed by atoms with Gasteiger partial charge in [0.2, 0.25) is 0 Å². The van der Waals surface area contributed by atoms with Crippen LogP contribution in [0.15, 0.2) is 60.9 Å². The summed E-state index contributed by atoms with van der Waals surface area (Å²) >= 11 is 0.